The molecule has 1 aliphatic carbocycles. The molecule has 1 aromatic heterocycles. The first-order valence-corrected chi connectivity index (χ1v) is 16.1. The number of methoxy groups -OCH3 is 1. The van der Waals surface area contributed by atoms with Crippen LogP contribution in [0.1, 0.15) is 110 Å². The average Bonchev–Trinajstić information content (AvgIpc) is 3.31. The van der Waals surface area contributed by atoms with Gasteiger partial charge in [0.15, 0.2) is 0 Å². The Labute approximate surface area is 263 Å². The number of amides is 1. The quantitative estimate of drug-likeness (QED) is 0.318. The minimum atomic E-state index is -1.07. The molecule has 1 saturated heterocycles. The summed E-state index contributed by atoms with van der Waals surface area (Å²) in [4.78, 5) is 34.0. The van der Waals surface area contributed by atoms with Crippen molar-refractivity contribution in [3.63, 3.8) is 0 Å². The zero-order valence-electron chi connectivity index (χ0n) is 28.1. The highest BCUT2D eigenvalue weighted by Gasteiger charge is 2.60. The number of pyridine rings is 1. The summed E-state index contributed by atoms with van der Waals surface area (Å²) in [6.07, 6.45) is 5.41. The maximum absolute atomic E-state index is 14.5. The van der Waals surface area contributed by atoms with Crippen molar-refractivity contribution >= 4 is 11.9 Å². The minimum Gasteiger partial charge on any atom is -0.496 e. The monoisotopic (exact) mass is 608 g/mol. The average molecular weight is 609 g/mol. The van der Waals surface area contributed by atoms with Crippen molar-refractivity contribution < 1.29 is 28.9 Å². The van der Waals surface area contributed by atoms with E-state index in [4.69, 9.17) is 14.2 Å². The van der Waals surface area contributed by atoms with E-state index in [0.29, 0.717) is 17.2 Å². The summed E-state index contributed by atoms with van der Waals surface area (Å²) in [6, 6.07) is 8.07. The number of carbonyl (C=O) groups excluding carboxylic acids is 1. The molecule has 1 saturated carbocycles. The zero-order valence-corrected chi connectivity index (χ0v) is 28.1. The third-order valence-corrected chi connectivity index (χ3v) is 9.11. The van der Waals surface area contributed by atoms with Crippen molar-refractivity contribution in [1.29, 1.82) is 0 Å². The summed E-state index contributed by atoms with van der Waals surface area (Å²) in [5.41, 5.74) is 2.10. The van der Waals surface area contributed by atoms with E-state index in [-0.39, 0.29) is 30.0 Å². The lowest BCUT2D eigenvalue weighted by molar-refractivity contribution is -0.154. The second-order valence-electron chi connectivity index (χ2n) is 14.8. The number of benzene rings is 1. The molecule has 1 aromatic carbocycles. The van der Waals surface area contributed by atoms with Crippen LogP contribution in [0, 0.1) is 17.3 Å². The molecule has 1 N–H and O–H groups in total. The van der Waals surface area contributed by atoms with Crippen LogP contribution in [-0.2, 0) is 26.3 Å². The molecule has 1 amide bonds. The number of hydrogen-bond donors (Lipinski definition) is 1. The number of nitrogens with zero attached hydrogens (tertiary/aromatic N) is 2. The van der Waals surface area contributed by atoms with Crippen LogP contribution in [0.2, 0.25) is 0 Å². The van der Waals surface area contributed by atoms with Crippen molar-refractivity contribution in [3.8, 4) is 11.6 Å². The summed E-state index contributed by atoms with van der Waals surface area (Å²) in [7, 11) is 1.64. The van der Waals surface area contributed by atoms with Crippen LogP contribution < -0.4 is 9.47 Å². The topological polar surface area (TPSA) is 98.2 Å². The lowest BCUT2D eigenvalue weighted by atomic mass is 9.73. The van der Waals surface area contributed by atoms with Gasteiger partial charge in [-0.1, -0.05) is 66.9 Å². The number of carboxylic acids is 1. The standard InChI is InChI=1S/C36H52N2O6/c1-22(2)44-32-26(16-13-19-37-32)29-31(43-21-24-20-25(35(3,4)5)17-18-27(24)42-9)28(36(6,7)8)30(34(40)41)38(29)33(39)23-14-11-10-12-15-23/h13,16-20,22-23,28-31H,10-12,14-15,21H2,1-9H3,(H,40,41)/t28-,29+,30+,31+/m1/s1. The van der Waals surface area contributed by atoms with Crippen molar-refractivity contribution in [2.75, 3.05) is 7.11 Å². The number of ether oxygens (including phenoxy) is 3. The highest BCUT2D eigenvalue weighted by atomic mass is 16.5. The third kappa shape index (κ3) is 7.22. The Hall–Kier alpha value is -3.13. The lowest BCUT2D eigenvalue weighted by Gasteiger charge is -2.35. The molecule has 2 heterocycles. The van der Waals surface area contributed by atoms with Crippen LogP contribution in [0.25, 0.3) is 0 Å². The van der Waals surface area contributed by atoms with E-state index in [0.717, 1.165) is 43.2 Å². The van der Waals surface area contributed by atoms with E-state index in [1.165, 1.54) is 0 Å². The second-order valence-corrected chi connectivity index (χ2v) is 14.8. The molecule has 2 aliphatic rings. The first-order valence-electron chi connectivity index (χ1n) is 16.1. The predicted octanol–water partition coefficient (Wildman–Crippen LogP) is 7.34. The van der Waals surface area contributed by atoms with Crippen molar-refractivity contribution in [2.24, 2.45) is 17.3 Å². The molecule has 2 fully saturated rings. The first-order chi connectivity index (χ1) is 20.6. The van der Waals surface area contributed by atoms with E-state index < -0.39 is 35.5 Å². The fourth-order valence-corrected chi connectivity index (χ4v) is 6.97. The molecule has 242 valence electrons. The Kier molecular flexibility index (Phi) is 10.3. The molecule has 1 aliphatic heterocycles. The minimum absolute atomic E-state index is 0.0821. The van der Waals surface area contributed by atoms with E-state index in [1.54, 1.807) is 18.2 Å². The highest BCUT2D eigenvalue weighted by Crippen LogP contribution is 2.52. The second kappa shape index (κ2) is 13.5. The Bertz CT molecular complexity index is 1300. The van der Waals surface area contributed by atoms with Gasteiger partial charge in [-0.25, -0.2) is 9.78 Å². The van der Waals surface area contributed by atoms with Gasteiger partial charge >= 0.3 is 5.97 Å². The summed E-state index contributed by atoms with van der Waals surface area (Å²) in [5.74, 6) is -0.769. The molecular formula is C36H52N2O6. The smallest absolute Gasteiger partial charge is 0.326 e. The number of carbonyl (C=O) groups is 2. The molecule has 44 heavy (non-hydrogen) atoms. The van der Waals surface area contributed by atoms with Gasteiger partial charge in [-0.15, -0.1) is 0 Å². The molecule has 0 unspecified atom stereocenters. The van der Waals surface area contributed by atoms with E-state index in [1.807, 2.05) is 52.8 Å². The normalized spacial score (nSPS) is 23.2. The van der Waals surface area contributed by atoms with Crippen LogP contribution in [0.5, 0.6) is 11.6 Å². The van der Waals surface area contributed by atoms with Crippen LogP contribution in [0.3, 0.4) is 0 Å². The summed E-state index contributed by atoms with van der Waals surface area (Å²) in [6.45, 7) is 16.6. The highest BCUT2D eigenvalue weighted by molar-refractivity contribution is 5.87. The van der Waals surface area contributed by atoms with Gasteiger partial charge in [0.1, 0.15) is 11.8 Å². The van der Waals surface area contributed by atoms with Crippen molar-refractivity contribution in [3.05, 3.63) is 53.2 Å². The first kappa shape index (κ1) is 33.8. The Morgan fingerprint density at radius 1 is 1.05 bits per heavy atom. The SMILES string of the molecule is COc1ccc(C(C)(C)C)cc1CO[C@H]1[C@H](C(C)(C)C)[C@@H](C(=O)O)N(C(=O)C2CCCCC2)[C@H]1c1cccnc1OC(C)C. The van der Waals surface area contributed by atoms with Crippen LogP contribution >= 0.6 is 0 Å². The Morgan fingerprint density at radius 2 is 1.73 bits per heavy atom. The molecule has 0 radical (unpaired) electrons. The summed E-state index contributed by atoms with van der Waals surface area (Å²) >= 11 is 0. The van der Waals surface area contributed by atoms with Crippen LogP contribution in [0.15, 0.2) is 36.5 Å². The van der Waals surface area contributed by atoms with Crippen molar-refractivity contribution in [2.45, 2.75) is 124 Å². The van der Waals surface area contributed by atoms with Gasteiger partial charge in [-0.3, -0.25) is 4.79 Å². The molecular weight excluding hydrogens is 556 g/mol. The van der Waals surface area contributed by atoms with Crippen LogP contribution in [0.4, 0.5) is 0 Å². The lowest BCUT2D eigenvalue weighted by Crippen LogP contribution is -2.49. The van der Waals surface area contributed by atoms with E-state index in [2.05, 4.69) is 37.9 Å². The van der Waals surface area contributed by atoms with Gasteiger partial charge in [-0.2, -0.15) is 0 Å². The van der Waals surface area contributed by atoms with E-state index in [9.17, 15) is 14.7 Å². The largest absolute Gasteiger partial charge is 0.496 e. The number of aromatic nitrogens is 1. The molecule has 8 nitrogen and oxygen atoms in total. The maximum Gasteiger partial charge on any atom is 0.326 e. The molecule has 4 atom stereocenters. The maximum atomic E-state index is 14.5. The molecule has 8 heteroatoms. The Balaban J connectivity index is 1.89. The molecule has 4 rings (SSSR count). The number of aliphatic carboxylic acids is 1. The van der Waals surface area contributed by atoms with Gasteiger partial charge in [0.25, 0.3) is 0 Å². The molecule has 2 aromatic rings. The number of likely N-dealkylation sites (tertiary alicyclic amines) is 1. The molecule has 0 spiro atoms. The summed E-state index contributed by atoms with van der Waals surface area (Å²) < 4.78 is 18.8. The third-order valence-electron chi connectivity index (χ3n) is 9.11. The van der Waals surface area contributed by atoms with Gasteiger partial charge in [-0.05, 0) is 67.3 Å². The number of hydrogen-bond acceptors (Lipinski definition) is 6. The number of carboxylic acid groups (broad SMARTS) is 1. The number of rotatable bonds is 9. The zero-order chi connectivity index (χ0) is 32.4. The fraction of sp³-hybridized carbons (Fsp3) is 0.639. The van der Waals surface area contributed by atoms with E-state index >= 15 is 0 Å². The van der Waals surface area contributed by atoms with Crippen LogP contribution in [-0.4, -0.2) is 52.2 Å². The Morgan fingerprint density at radius 3 is 2.30 bits per heavy atom. The van der Waals surface area contributed by atoms with Gasteiger partial charge in [0.2, 0.25) is 11.8 Å². The molecule has 0 bridgehead atoms. The summed E-state index contributed by atoms with van der Waals surface area (Å²) in [5, 5.41) is 10.8. The fourth-order valence-electron chi connectivity index (χ4n) is 6.97. The van der Waals surface area contributed by atoms with Gasteiger partial charge in [0.05, 0.1) is 32.0 Å². The van der Waals surface area contributed by atoms with Gasteiger partial charge < -0.3 is 24.2 Å². The predicted molar refractivity (Wildman–Crippen MR) is 171 cm³/mol. The van der Waals surface area contributed by atoms with Gasteiger partial charge in [0, 0.05) is 29.2 Å². The van der Waals surface area contributed by atoms with Crippen molar-refractivity contribution in [1.82, 2.24) is 9.88 Å².